The first-order chi connectivity index (χ1) is 16.5. The molecule has 0 atom stereocenters. The maximum atomic E-state index is 13.4. The van der Waals surface area contributed by atoms with Crippen LogP contribution in [0.4, 0.5) is 11.4 Å². The molecule has 8 heteroatoms. The molecule has 2 heterocycles. The summed E-state index contributed by atoms with van der Waals surface area (Å²) in [5, 5.41) is 4.08. The predicted molar refractivity (Wildman–Crippen MR) is 144 cm³/mol. The molecule has 0 bridgehead atoms. The van der Waals surface area contributed by atoms with Gasteiger partial charge >= 0.3 is 0 Å². The topological polar surface area (TPSA) is 67.2 Å². The van der Waals surface area contributed by atoms with E-state index >= 15 is 0 Å². The van der Waals surface area contributed by atoms with Crippen LogP contribution < -0.4 is 15.8 Å². The number of nitrogens with zero attached hydrogens (tertiary/aromatic N) is 3. The third-order valence-electron chi connectivity index (χ3n) is 5.56. The lowest BCUT2D eigenvalue weighted by Crippen LogP contribution is -2.22. The van der Waals surface area contributed by atoms with Gasteiger partial charge in [-0.25, -0.2) is 4.98 Å². The maximum Gasteiger partial charge on any atom is 0.267 e. The van der Waals surface area contributed by atoms with Crippen LogP contribution in [0.25, 0.3) is 15.9 Å². The van der Waals surface area contributed by atoms with Crippen LogP contribution in [0, 0.1) is 0 Å². The minimum atomic E-state index is -0.144. The van der Waals surface area contributed by atoms with Crippen LogP contribution in [0.5, 0.6) is 0 Å². The van der Waals surface area contributed by atoms with Crippen LogP contribution in [0.1, 0.15) is 25.6 Å². The van der Waals surface area contributed by atoms with E-state index in [1.54, 1.807) is 4.57 Å². The number of thiophene rings is 1. The van der Waals surface area contributed by atoms with Gasteiger partial charge in [0, 0.05) is 29.3 Å². The lowest BCUT2D eigenvalue weighted by atomic mass is 10.2. The molecule has 1 N–H and O–H groups in total. The Hall–Kier alpha value is -3.10. The van der Waals surface area contributed by atoms with E-state index in [9.17, 15) is 9.59 Å². The molecule has 0 radical (unpaired) electrons. The number of anilines is 2. The number of aromatic nitrogens is 2. The minimum Gasteiger partial charge on any atom is -0.372 e. The molecular weight excluding hydrogens is 464 g/mol. The van der Waals surface area contributed by atoms with Gasteiger partial charge in [-0.1, -0.05) is 36.9 Å². The quantitative estimate of drug-likeness (QED) is 0.244. The smallest absolute Gasteiger partial charge is 0.267 e. The molecule has 4 aromatic rings. The Kier molecular flexibility index (Phi) is 7.70. The van der Waals surface area contributed by atoms with E-state index < -0.39 is 0 Å². The summed E-state index contributed by atoms with van der Waals surface area (Å²) >= 11 is 2.80. The number of carbonyl (C=O) groups excluding carboxylic acids is 1. The minimum absolute atomic E-state index is 0.109. The van der Waals surface area contributed by atoms with E-state index in [0.29, 0.717) is 15.4 Å². The number of amides is 1. The van der Waals surface area contributed by atoms with Crippen molar-refractivity contribution in [1.29, 1.82) is 0 Å². The highest BCUT2D eigenvalue weighted by molar-refractivity contribution is 7.99. The molecule has 1 amide bonds. The molecule has 0 fully saturated rings. The van der Waals surface area contributed by atoms with Crippen LogP contribution in [-0.4, -0.2) is 34.3 Å². The normalized spacial score (nSPS) is 11.0. The Labute approximate surface area is 207 Å². The molecule has 0 unspecified atom stereocenters. The zero-order valence-corrected chi connectivity index (χ0v) is 21.2. The summed E-state index contributed by atoms with van der Waals surface area (Å²) in [6.07, 6.45) is 0.851. The summed E-state index contributed by atoms with van der Waals surface area (Å²) in [6, 6.07) is 19.2. The Balaban J connectivity index is 1.55. The van der Waals surface area contributed by atoms with Gasteiger partial charge in [0.25, 0.3) is 5.56 Å². The van der Waals surface area contributed by atoms with Crippen molar-refractivity contribution in [2.75, 3.05) is 29.1 Å². The van der Waals surface area contributed by atoms with Crippen LogP contribution in [0.2, 0.25) is 0 Å². The molecule has 0 aliphatic heterocycles. The highest BCUT2D eigenvalue weighted by Gasteiger charge is 2.17. The number of nitrogens with one attached hydrogen (secondary N) is 1. The standard InChI is InChI=1S/C26H28N4O2S2/c1-4-21-16-22-24(34-21)28-26(30(25(22)32)20-10-8-7-9-11-20)33-17-23(31)27-18-12-14-19(15-13-18)29(5-2)6-3/h7-16H,4-6,17H2,1-3H3,(H,27,31). The van der Waals surface area contributed by atoms with Crippen LogP contribution in [0.3, 0.4) is 0 Å². The zero-order chi connectivity index (χ0) is 24.1. The number of fused-ring (bicyclic) bond motifs is 1. The molecule has 6 nitrogen and oxygen atoms in total. The van der Waals surface area contributed by atoms with Gasteiger partial charge in [-0.2, -0.15) is 0 Å². The molecule has 0 spiro atoms. The molecule has 0 saturated heterocycles. The number of para-hydroxylation sites is 1. The molecule has 4 rings (SSSR count). The monoisotopic (exact) mass is 492 g/mol. The highest BCUT2D eigenvalue weighted by Crippen LogP contribution is 2.27. The van der Waals surface area contributed by atoms with E-state index in [1.807, 2.05) is 60.7 Å². The van der Waals surface area contributed by atoms with Gasteiger partial charge in [0.1, 0.15) is 4.83 Å². The second-order valence-electron chi connectivity index (χ2n) is 7.71. The number of benzene rings is 2. The van der Waals surface area contributed by atoms with Gasteiger partial charge in [-0.3, -0.25) is 14.2 Å². The molecule has 176 valence electrons. The molecule has 0 aliphatic rings. The summed E-state index contributed by atoms with van der Waals surface area (Å²) in [5.74, 6) is 0.00386. The van der Waals surface area contributed by atoms with Crippen LogP contribution >= 0.6 is 23.1 Å². The molecule has 0 aliphatic carbocycles. The summed E-state index contributed by atoms with van der Waals surface area (Å²) in [6.45, 7) is 8.17. The van der Waals surface area contributed by atoms with E-state index in [2.05, 4.69) is 31.0 Å². The highest BCUT2D eigenvalue weighted by atomic mass is 32.2. The first-order valence-electron chi connectivity index (χ1n) is 11.4. The average Bonchev–Trinajstić information content (AvgIpc) is 3.29. The first kappa shape index (κ1) is 24.0. The molecule has 0 saturated carbocycles. The summed E-state index contributed by atoms with van der Waals surface area (Å²) in [5.41, 5.74) is 2.50. The molecule has 2 aromatic carbocycles. The average molecular weight is 493 g/mol. The number of thioether (sulfide) groups is 1. The van der Waals surface area contributed by atoms with Crippen molar-refractivity contribution < 1.29 is 4.79 Å². The Morgan fingerprint density at radius 3 is 2.41 bits per heavy atom. The van der Waals surface area contributed by atoms with Crippen molar-refractivity contribution >= 4 is 50.6 Å². The van der Waals surface area contributed by atoms with Gasteiger partial charge < -0.3 is 10.2 Å². The van der Waals surface area contributed by atoms with Gasteiger partial charge in [0.2, 0.25) is 5.91 Å². The van der Waals surface area contributed by atoms with Crippen molar-refractivity contribution in [2.24, 2.45) is 0 Å². The largest absolute Gasteiger partial charge is 0.372 e. The van der Waals surface area contributed by atoms with Crippen molar-refractivity contribution in [3.63, 3.8) is 0 Å². The summed E-state index contributed by atoms with van der Waals surface area (Å²) in [4.78, 5) is 34.9. The Morgan fingerprint density at radius 2 is 1.76 bits per heavy atom. The molecule has 34 heavy (non-hydrogen) atoms. The van der Waals surface area contributed by atoms with Gasteiger partial charge in [0.15, 0.2) is 5.16 Å². The van der Waals surface area contributed by atoms with Crippen molar-refractivity contribution in [2.45, 2.75) is 32.3 Å². The number of aryl methyl sites for hydroxylation is 1. The van der Waals surface area contributed by atoms with Crippen molar-refractivity contribution in [3.8, 4) is 5.69 Å². The van der Waals surface area contributed by atoms with E-state index in [0.717, 1.165) is 41.4 Å². The summed E-state index contributed by atoms with van der Waals surface area (Å²) in [7, 11) is 0. The van der Waals surface area contributed by atoms with Crippen molar-refractivity contribution in [1.82, 2.24) is 9.55 Å². The van der Waals surface area contributed by atoms with Crippen LogP contribution in [0.15, 0.2) is 70.6 Å². The van der Waals surface area contributed by atoms with Gasteiger partial charge in [-0.15, -0.1) is 11.3 Å². The molecular formula is C26H28N4O2S2. The third-order valence-corrected chi connectivity index (χ3v) is 7.67. The maximum absolute atomic E-state index is 13.4. The fraction of sp³-hybridized carbons (Fsp3) is 0.269. The fourth-order valence-electron chi connectivity index (χ4n) is 3.76. The second-order valence-corrected chi connectivity index (χ2v) is 9.77. The predicted octanol–water partition coefficient (Wildman–Crippen LogP) is 5.59. The number of carbonyl (C=O) groups is 1. The van der Waals surface area contributed by atoms with E-state index in [1.165, 1.54) is 23.1 Å². The van der Waals surface area contributed by atoms with E-state index in [4.69, 9.17) is 4.98 Å². The lowest BCUT2D eigenvalue weighted by molar-refractivity contribution is -0.113. The van der Waals surface area contributed by atoms with Gasteiger partial charge in [0.05, 0.1) is 16.8 Å². The Bertz CT molecular complexity index is 1330. The first-order valence-corrected chi connectivity index (χ1v) is 13.2. The SMILES string of the molecule is CCc1cc2c(=O)n(-c3ccccc3)c(SCC(=O)Nc3ccc(N(CC)CC)cc3)nc2s1. The zero-order valence-electron chi connectivity index (χ0n) is 19.6. The number of rotatable bonds is 9. The Morgan fingerprint density at radius 1 is 1.06 bits per heavy atom. The van der Waals surface area contributed by atoms with E-state index in [-0.39, 0.29) is 17.2 Å². The summed E-state index contributed by atoms with van der Waals surface area (Å²) < 4.78 is 1.60. The fourth-order valence-corrected chi connectivity index (χ4v) is 5.58. The second kappa shape index (κ2) is 10.9. The lowest BCUT2D eigenvalue weighted by Gasteiger charge is -2.21. The number of hydrogen-bond donors (Lipinski definition) is 1. The van der Waals surface area contributed by atoms with Crippen molar-refractivity contribution in [3.05, 3.63) is 75.9 Å². The molecule has 2 aromatic heterocycles. The van der Waals surface area contributed by atoms with Gasteiger partial charge in [-0.05, 0) is 62.7 Å². The number of hydrogen-bond acceptors (Lipinski definition) is 6. The third kappa shape index (κ3) is 5.18. The van der Waals surface area contributed by atoms with Crippen LogP contribution in [-0.2, 0) is 11.2 Å².